The summed E-state index contributed by atoms with van der Waals surface area (Å²) in [5, 5.41) is 18.6. The fourth-order valence-electron chi connectivity index (χ4n) is 2.28. The molecule has 21 heavy (non-hydrogen) atoms. The molecule has 0 aliphatic rings. The van der Waals surface area contributed by atoms with Gasteiger partial charge >= 0.3 is 0 Å². The number of nitrogens with two attached hydrogens (primary N) is 1. The molecule has 3 rings (SSSR count). The minimum atomic E-state index is -0.628. The zero-order chi connectivity index (χ0) is 15.0. The van der Waals surface area contributed by atoms with Gasteiger partial charge in [-0.3, -0.25) is 4.79 Å². The molecule has 7 nitrogen and oxygen atoms in total. The summed E-state index contributed by atoms with van der Waals surface area (Å²) >= 11 is 0. The molecule has 3 aromatic rings. The van der Waals surface area contributed by atoms with Crippen molar-refractivity contribution in [3.63, 3.8) is 0 Å². The SMILES string of the molecule is N#Cc1c(N)[nH]c(=O)c(C#N)c1-c1cccc2[nH]cnc12. The zero-order valence-electron chi connectivity index (χ0n) is 10.6. The van der Waals surface area contributed by atoms with Crippen molar-refractivity contribution >= 4 is 16.9 Å². The van der Waals surface area contributed by atoms with Gasteiger partial charge in [0, 0.05) is 11.1 Å². The van der Waals surface area contributed by atoms with E-state index in [0.29, 0.717) is 11.1 Å². The number of nitrogens with one attached hydrogen (secondary N) is 2. The van der Waals surface area contributed by atoms with E-state index in [1.165, 1.54) is 6.33 Å². The number of benzene rings is 1. The Hall–Kier alpha value is -3.58. The predicted molar refractivity (Wildman–Crippen MR) is 76.0 cm³/mol. The van der Waals surface area contributed by atoms with E-state index in [1.54, 1.807) is 18.2 Å². The fraction of sp³-hybridized carbons (Fsp3) is 0. The number of hydrogen-bond acceptors (Lipinski definition) is 5. The van der Waals surface area contributed by atoms with Crippen LogP contribution in [0.4, 0.5) is 5.82 Å². The number of fused-ring (bicyclic) bond motifs is 1. The zero-order valence-corrected chi connectivity index (χ0v) is 10.6. The van der Waals surface area contributed by atoms with Crippen LogP contribution in [0.5, 0.6) is 0 Å². The molecule has 0 atom stereocenters. The number of hydrogen-bond donors (Lipinski definition) is 3. The van der Waals surface area contributed by atoms with Crippen LogP contribution in [0.2, 0.25) is 0 Å². The number of pyridine rings is 1. The third-order valence-corrected chi connectivity index (χ3v) is 3.19. The van der Waals surface area contributed by atoms with Crippen LogP contribution in [-0.2, 0) is 0 Å². The maximum Gasteiger partial charge on any atom is 0.268 e. The van der Waals surface area contributed by atoms with Crippen molar-refractivity contribution < 1.29 is 0 Å². The lowest BCUT2D eigenvalue weighted by molar-refractivity contribution is 1.21. The second kappa shape index (κ2) is 4.51. The van der Waals surface area contributed by atoms with E-state index < -0.39 is 5.56 Å². The molecule has 1 aromatic carbocycles. The van der Waals surface area contributed by atoms with Crippen molar-refractivity contribution in [2.24, 2.45) is 0 Å². The van der Waals surface area contributed by atoms with E-state index in [0.717, 1.165) is 5.52 Å². The van der Waals surface area contributed by atoms with Crippen LogP contribution in [0.15, 0.2) is 29.3 Å². The largest absolute Gasteiger partial charge is 0.384 e. The molecular weight excluding hydrogens is 268 g/mol. The summed E-state index contributed by atoms with van der Waals surface area (Å²) in [4.78, 5) is 21.3. The molecule has 4 N–H and O–H groups in total. The smallest absolute Gasteiger partial charge is 0.268 e. The summed E-state index contributed by atoms with van der Waals surface area (Å²) in [6, 6.07) is 9.01. The molecule has 0 amide bonds. The Labute approximate surface area is 118 Å². The highest BCUT2D eigenvalue weighted by molar-refractivity contribution is 5.96. The topological polar surface area (TPSA) is 135 Å². The number of para-hydroxylation sites is 1. The Bertz CT molecular complexity index is 999. The maximum absolute atomic E-state index is 11.9. The van der Waals surface area contributed by atoms with Crippen molar-refractivity contribution in [1.29, 1.82) is 10.5 Å². The van der Waals surface area contributed by atoms with Gasteiger partial charge in [0.05, 0.1) is 17.4 Å². The van der Waals surface area contributed by atoms with Gasteiger partial charge in [-0.05, 0) is 6.07 Å². The Balaban J connectivity index is 2.54. The minimum absolute atomic E-state index is 0.0571. The number of H-pyrrole nitrogens is 2. The highest BCUT2D eigenvalue weighted by Crippen LogP contribution is 2.32. The number of aromatic amines is 2. The van der Waals surface area contributed by atoms with Gasteiger partial charge in [-0.2, -0.15) is 10.5 Å². The molecule has 100 valence electrons. The summed E-state index contributed by atoms with van der Waals surface area (Å²) in [5.41, 5.74) is 6.99. The van der Waals surface area contributed by atoms with Crippen molar-refractivity contribution in [2.45, 2.75) is 0 Å². The van der Waals surface area contributed by atoms with Crippen LogP contribution in [0.25, 0.3) is 22.2 Å². The van der Waals surface area contributed by atoms with Gasteiger partial charge in [0.2, 0.25) is 0 Å². The number of imidazole rings is 1. The van der Waals surface area contributed by atoms with E-state index in [4.69, 9.17) is 5.73 Å². The highest BCUT2D eigenvalue weighted by Gasteiger charge is 2.20. The highest BCUT2D eigenvalue weighted by atomic mass is 16.1. The molecule has 0 aliphatic carbocycles. The van der Waals surface area contributed by atoms with Crippen LogP contribution >= 0.6 is 0 Å². The monoisotopic (exact) mass is 276 g/mol. The van der Waals surface area contributed by atoms with Gasteiger partial charge in [-0.25, -0.2) is 4.98 Å². The average molecular weight is 276 g/mol. The summed E-state index contributed by atoms with van der Waals surface area (Å²) in [6.07, 6.45) is 1.50. The lowest BCUT2D eigenvalue weighted by atomic mass is 9.95. The van der Waals surface area contributed by atoms with Gasteiger partial charge in [-0.15, -0.1) is 0 Å². The van der Waals surface area contributed by atoms with Gasteiger partial charge < -0.3 is 15.7 Å². The average Bonchev–Trinajstić information content (AvgIpc) is 2.95. The van der Waals surface area contributed by atoms with Gasteiger partial charge in [0.1, 0.15) is 29.1 Å². The Morgan fingerprint density at radius 1 is 1.19 bits per heavy atom. The molecule has 7 heteroatoms. The minimum Gasteiger partial charge on any atom is -0.384 e. The van der Waals surface area contributed by atoms with Crippen LogP contribution in [0.1, 0.15) is 11.1 Å². The molecule has 2 heterocycles. The van der Waals surface area contributed by atoms with Crippen molar-refractivity contribution in [3.8, 4) is 23.3 Å². The lowest BCUT2D eigenvalue weighted by Gasteiger charge is -2.09. The summed E-state index contributed by atoms with van der Waals surface area (Å²) in [7, 11) is 0. The Kier molecular flexibility index (Phi) is 2.68. The van der Waals surface area contributed by atoms with Gasteiger partial charge in [0.25, 0.3) is 5.56 Å². The standard InChI is InChI=1S/C14H8N6O/c15-4-8-11(9(5-16)14(21)20-13(8)17)7-2-1-3-10-12(7)19-6-18-10/h1-3,6H,(H,18,19)(H3,17,20,21). The van der Waals surface area contributed by atoms with E-state index in [9.17, 15) is 15.3 Å². The molecule has 2 aromatic heterocycles. The third-order valence-electron chi connectivity index (χ3n) is 3.19. The fourth-order valence-corrected chi connectivity index (χ4v) is 2.28. The van der Waals surface area contributed by atoms with E-state index in [2.05, 4.69) is 15.0 Å². The summed E-state index contributed by atoms with van der Waals surface area (Å²) in [6.45, 7) is 0. The Morgan fingerprint density at radius 3 is 2.67 bits per heavy atom. The van der Waals surface area contributed by atoms with Crippen molar-refractivity contribution in [3.05, 3.63) is 46.0 Å². The molecule has 0 saturated heterocycles. The number of nitriles is 2. The van der Waals surface area contributed by atoms with Gasteiger partial charge in [-0.1, -0.05) is 12.1 Å². The number of aromatic nitrogens is 3. The summed E-state index contributed by atoms with van der Waals surface area (Å²) < 4.78 is 0. The Morgan fingerprint density at radius 2 is 1.95 bits per heavy atom. The second-order valence-corrected chi connectivity index (χ2v) is 4.32. The molecule has 0 spiro atoms. The van der Waals surface area contributed by atoms with Gasteiger partial charge in [0.15, 0.2) is 0 Å². The normalized spacial score (nSPS) is 10.2. The molecular formula is C14H8N6O. The first-order valence-electron chi connectivity index (χ1n) is 5.95. The molecule has 0 bridgehead atoms. The first kappa shape index (κ1) is 12.5. The first-order chi connectivity index (χ1) is 10.2. The van der Waals surface area contributed by atoms with Crippen molar-refractivity contribution in [2.75, 3.05) is 5.73 Å². The van der Waals surface area contributed by atoms with Crippen molar-refractivity contribution in [1.82, 2.24) is 15.0 Å². The number of nitrogens with zero attached hydrogens (tertiary/aromatic N) is 3. The van der Waals surface area contributed by atoms with E-state index in [-0.39, 0.29) is 22.5 Å². The number of nitrogen functional groups attached to an aromatic ring is 1. The second-order valence-electron chi connectivity index (χ2n) is 4.32. The molecule has 0 aliphatic heterocycles. The van der Waals surface area contributed by atoms with E-state index in [1.807, 2.05) is 12.1 Å². The van der Waals surface area contributed by atoms with Crippen LogP contribution in [0, 0.1) is 22.7 Å². The maximum atomic E-state index is 11.9. The number of rotatable bonds is 1. The molecule has 0 unspecified atom stereocenters. The number of anilines is 1. The van der Waals surface area contributed by atoms with Crippen LogP contribution in [0.3, 0.4) is 0 Å². The predicted octanol–water partition coefficient (Wildman–Crippen LogP) is 1.24. The molecule has 0 saturated carbocycles. The summed E-state index contributed by atoms with van der Waals surface area (Å²) in [5.74, 6) is -0.0657. The quantitative estimate of drug-likeness (QED) is 0.614. The van der Waals surface area contributed by atoms with Crippen LogP contribution < -0.4 is 11.3 Å². The van der Waals surface area contributed by atoms with E-state index >= 15 is 0 Å². The molecule has 0 fully saturated rings. The molecule has 0 radical (unpaired) electrons. The third kappa shape index (κ3) is 1.73. The lowest BCUT2D eigenvalue weighted by Crippen LogP contribution is -2.16. The van der Waals surface area contributed by atoms with Crippen LogP contribution in [-0.4, -0.2) is 15.0 Å². The first-order valence-corrected chi connectivity index (χ1v) is 5.95.